The molecule has 6 heteroatoms. The highest BCUT2D eigenvalue weighted by Crippen LogP contribution is 2.17. The molecule has 6 nitrogen and oxygen atoms in total. The zero-order chi connectivity index (χ0) is 43.1. The largest absolute Gasteiger partial charge is 0.462 e. The van der Waals surface area contributed by atoms with Crippen molar-refractivity contribution in [1.82, 2.24) is 0 Å². The molecular weight excluding hydrogens is 733 g/mol. The molecule has 0 radical (unpaired) electrons. The van der Waals surface area contributed by atoms with E-state index in [0.29, 0.717) is 19.3 Å². The predicted molar refractivity (Wildman–Crippen MR) is 252 cm³/mol. The number of hydrogen-bond donors (Lipinski definition) is 0. The molecule has 0 heterocycles. The van der Waals surface area contributed by atoms with E-state index in [9.17, 15) is 14.4 Å². The molecule has 0 amide bonds. The van der Waals surface area contributed by atoms with E-state index in [1.54, 1.807) is 0 Å². The van der Waals surface area contributed by atoms with Gasteiger partial charge < -0.3 is 14.2 Å². The minimum atomic E-state index is -0.760. The van der Waals surface area contributed by atoms with E-state index in [1.807, 2.05) is 0 Å². The summed E-state index contributed by atoms with van der Waals surface area (Å²) in [4.78, 5) is 37.9. The van der Waals surface area contributed by atoms with Crippen LogP contribution in [0.5, 0.6) is 0 Å². The van der Waals surface area contributed by atoms with Crippen molar-refractivity contribution in [2.75, 3.05) is 13.2 Å². The lowest BCUT2D eigenvalue weighted by molar-refractivity contribution is -0.167. The molecule has 350 valence electrons. The SMILES string of the molecule is CCCCCCCCCCCCCCC(=O)O[C@@H](COC(=O)CCCCCCCCCCCCC)COC(=O)CCCCCCCCCCCCCCCCCC(C)C. The molecular formula is C53H102O6. The van der Waals surface area contributed by atoms with Crippen LogP contribution in [0.15, 0.2) is 0 Å². The molecule has 59 heavy (non-hydrogen) atoms. The van der Waals surface area contributed by atoms with Gasteiger partial charge in [0.15, 0.2) is 6.10 Å². The first-order valence-electron chi connectivity index (χ1n) is 26.4. The zero-order valence-corrected chi connectivity index (χ0v) is 40.2. The molecule has 0 aromatic carbocycles. The fourth-order valence-corrected chi connectivity index (χ4v) is 8.04. The molecule has 1 atom stereocenters. The second-order valence-electron chi connectivity index (χ2n) is 18.6. The number of ether oxygens (including phenoxy) is 3. The van der Waals surface area contributed by atoms with Gasteiger partial charge in [0.1, 0.15) is 13.2 Å². The van der Waals surface area contributed by atoms with Crippen molar-refractivity contribution in [3.05, 3.63) is 0 Å². The van der Waals surface area contributed by atoms with Crippen LogP contribution in [0.4, 0.5) is 0 Å². The van der Waals surface area contributed by atoms with Gasteiger partial charge >= 0.3 is 17.9 Å². The number of unbranched alkanes of at least 4 members (excludes halogenated alkanes) is 35. The second-order valence-corrected chi connectivity index (χ2v) is 18.6. The lowest BCUT2D eigenvalue weighted by Gasteiger charge is -2.18. The maximum absolute atomic E-state index is 12.8. The number of hydrogen-bond acceptors (Lipinski definition) is 6. The summed E-state index contributed by atoms with van der Waals surface area (Å²) in [5, 5.41) is 0. The fraction of sp³-hybridized carbons (Fsp3) is 0.943. The summed E-state index contributed by atoms with van der Waals surface area (Å²) >= 11 is 0. The van der Waals surface area contributed by atoms with Crippen LogP contribution >= 0.6 is 0 Å². The first kappa shape index (κ1) is 57.4. The van der Waals surface area contributed by atoms with E-state index in [2.05, 4.69) is 27.7 Å². The normalized spacial score (nSPS) is 11.9. The Bertz CT molecular complexity index is 887. The van der Waals surface area contributed by atoms with Crippen LogP contribution in [0.25, 0.3) is 0 Å². The van der Waals surface area contributed by atoms with Gasteiger partial charge in [-0.25, -0.2) is 0 Å². The lowest BCUT2D eigenvalue weighted by atomic mass is 10.0. The molecule has 0 aromatic heterocycles. The minimum absolute atomic E-state index is 0.0625. The molecule has 0 fully saturated rings. The molecule has 0 aromatic rings. The van der Waals surface area contributed by atoms with E-state index in [-0.39, 0.29) is 31.1 Å². The molecule has 0 saturated heterocycles. The number of carbonyl (C=O) groups excluding carboxylic acids is 3. The van der Waals surface area contributed by atoms with Gasteiger partial charge in [-0.2, -0.15) is 0 Å². The summed E-state index contributed by atoms with van der Waals surface area (Å²) in [7, 11) is 0. The lowest BCUT2D eigenvalue weighted by Crippen LogP contribution is -2.30. The Labute approximate surface area is 368 Å². The molecule has 0 unspecified atom stereocenters. The summed E-state index contributed by atoms with van der Waals surface area (Å²) in [6, 6.07) is 0. The number of rotatable bonds is 48. The maximum Gasteiger partial charge on any atom is 0.306 e. The Kier molecular flexibility index (Phi) is 46.2. The summed E-state index contributed by atoms with van der Waals surface area (Å²) in [5.74, 6) is 0.00576. The summed E-state index contributed by atoms with van der Waals surface area (Å²) in [6.45, 7) is 9.03. The van der Waals surface area contributed by atoms with Crippen molar-refractivity contribution < 1.29 is 28.6 Å². The average molecular weight is 835 g/mol. The van der Waals surface area contributed by atoms with Gasteiger partial charge in [-0.3, -0.25) is 14.4 Å². The minimum Gasteiger partial charge on any atom is -0.462 e. The van der Waals surface area contributed by atoms with Crippen molar-refractivity contribution in [3.8, 4) is 0 Å². The van der Waals surface area contributed by atoms with E-state index in [1.165, 1.54) is 193 Å². The highest BCUT2D eigenvalue weighted by molar-refractivity contribution is 5.71. The van der Waals surface area contributed by atoms with Crippen LogP contribution < -0.4 is 0 Å². The van der Waals surface area contributed by atoms with E-state index < -0.39 is 6.10 Å². The maximum atomic E-state index is 12.8. The first-order valence-corrected chi connectivity index (χ1v) is 26.4. The molecule has 0 aliphatic heterocycles. The third-order valence-electron chi connectivity index (χ3n) is 12.0. The van der Waals surface area contributed by atoms with Crippen molar-refractivity contribution in [2.45, 2.75) is 303 Å². The highest BCUT2D eigenvalue weighted by Gasteiger charge is 2.19. The van der Waals surface area contributed by atoms with Gasteiger partial charge in [0.05, 0.1) is 0 Å². The average Bonchev–Trinajstić information content (AvgIpc) is 3.22. The predicted octanol–water partition coefficient (Wildman–Crippen LogP) is 17.1. The van der Waals surface area contributed by atoms with Crippen molar-refractivity contribution in [2.24, 2.45) is 5.92 Å². The molecule has 0 rings (SSSR count). The second kappa shape index (κ2) is 47.5. The Balaban J connectivity index is 4.25. The summed E-state index contributed by atoms with van der Waals surface area (Å²) in [6.07, 6.45) is 49.4. The molecule has 0 saturated carbocycles. The van der Waals surface area contributed by atoms with Gasteiger partial charge in [-0.15, -0.1) is 0 Å². The van der Waals surface area contributed by atoms with Gasteiger partial charge in [-0.1, -0.05) is 259 Å². The van der Waals surface area contributed by atoms with Crippen molar-refractivity contribution >= 4 is 17.9 Å². The topological polar surface area (TPSA) is 78.9 Å². The molecule has 0 aliphatic rings. The van der Waals surface area contributed by atoms with Gasteiger partial charge in [0.2, 0.25) is 0 Å². The third kappa shape index (κ3) is 47.3. The highest BCUT2D eigenvalue weighted by atomic mass is 16.6. The van der Waals surface area contributed by atoms with E-state index in [0.717, 1.165) is 63.7 Å². The Morgan fingerprint density at radius 2 is 0.559 bits per heavy atom. The zero-order valence-electron chi connectivity index (χ0n) is 40.2. The first-order chi connectivity index (χ1) is 28.9. The summed E-state index contributed by atoms with van der Waals surface area (Å²) in [5.41, 5.74) is 0. The third-order valence-corrected chi connectivity index (χ3v) is 12.0. The molecule has 0 aliphatic carbocycles. The number of carbonyl (C=O) groups is 3. The van der Waals surface area contributed by atoms with Crippen LogP contribution in [0.1, 0.15) is 297 Å². The molecule has 0 bridgehead atoms. The Hall–Kier alpha value is -1.59. The van der Waals surface area contributed by atoms with Crippen molar-refractivity contribution in [1.29, 1.82) is 0 Å². The van der Waals surface area contributed by atoms with E-state index in [4.69, 9.17) is 14.2 Å². The Morgan fingerprint density at radius 1 is 0.322 bits per heavy atom. The van der Waals surface area contributed by atoms with Crippen LogP contribution in [0.3, 0.4) is 0 Å². The van der Waals surface area contributed by atoms with Crippen LogP contribution in [-0.2, 0) is 28.6 Å². The van der Waals surface area contributed by atoms with Gasteiger partial charge in [0, 0.05) is 19.3 Å². The van der Waals surface area contributed by atoms with Crippen molar-refractivity contribution in [3.63, 3.8) is 0 Å². The van der Waals surface area contributed by atoms with Crippen LogP contribution in [0, 0.1) is 5.92 Å². The fourth-order valence-electron chi connectivity index (χ4n) is 8.04. The van der Waals surface area contributed by atoms with Gasteiger partial charge in [-0.05, 0) is 25.2 Å². The molecule has 0 spiro atoms. The number of esters is 3. The smallest absolute Gasteiger partial charge is 0.306 e. The monoisotopic (exact) mass is 835 g/mol. The van der Waals surface area contributed by atoms with Gasteiger partial charge in [0.25, 0.3) is 0 Å². The molecule has 0 N–H and O–H groups in total. The standard InChI is InChI=1S/C53H102O6/c1-5-7-9-11-13-15-17-25-30-34-38-42-46-53(56)59-50(47-57-51(54)44-40-36-32-28-23-16-14-12-10-8-6-2)48-58-52(55)45-41-37-33-29-26-22-20-18-19-21-24-27-31-35-39-43-49(3)4/h49-50H,5-48H2,1-4H3/t50-/m0/s1. The van der Waals surface area contributed by atoms with Crippen LogP contribution in [-0.4, -0.2) is 37.2 Å². The quantitative estimate of drug-likeness (QED) is 0.0345. The Morgan fingerprint density at radius 3 is 0.831 bits per heavy atom. The van der Waals surface area contributed by atoms with E-state index >= 15 is 0 Å². The summed E-state index contributed by atoms with van der Waals surface area (Å²) < 4.78 is 16.8. The van der Waals surface area contributed by atoms with Crippen LogP contribution in [0.2, 0.25) is 0 Å².